The number of halogens is 2. The summed E-state index contributed by atoms with van der Waals surface area (Å²) in [5.41, 5.74) is 0.958. The molecule has 0 radical (unpaired) electrons. The molecule has 1 aromatic rings. The van der Waals surface area contributed by atoms with Crippen LogP contribution in [0.15, 0.2) is 18.2 Å². The van der Waals surface area contributed by atoms with Crippen molar-refractivity contribution in [2.24, 2.45) is 5.92 Å². The van der Waals surface area contributed by atoms with Gasteiger partial charge in [-0.25, -0.2) is 0 Å². The Hall–Kier alpha value is 0.0600. The second-order valence-corrected chi connectivity index (χ2v) is 5.82. The van der Waals surface area contributed by atoms with Crippen LogP contribution in [0.4, 0.5) is 5.69 Å². The molecule has 0 bridgehead atoms. The van der Waals surface area contributed by atoms with E-state index in [4.69, 9.17) is 11.6 Å². The van der Waals surface area contributed by atoms with Crippen LogP contribution in [0.1, 0.15) is 6.42 Å². The average molecular weight is 368 g/mol. The molecule has 1 unspecified atom stereocenters. The van der Waals surface area contributed by atoms with E-state index in [1.165, 1.54) is 0 Å². The number of rotatable bonds is 2. The van der Waals surface area contributed by atoms with Crippen molar-refractivity contribution in [3.8, 4) is 0 Å². The molecule has 1 aromatic carbocycles. The largest absolute Gasteiger partial charge is 0.311 e. The van der Waals surface area contributed by atoms with Crippen molar-refractivity contribution >= 4 is 58.4 Å². The lowest BCUT2D eigenvalue weighted by molar-refractivity contribution is -0.117. The minimum Gasteiger partial charge on any atom is -0.311 e. The van der Waals surface area contributed by atoms with Gasteiger partial charge in [0, 0.05) is 21.6 Å². The predicted octanol–water partition coefficient (Wildman–Crippen LogP) is 3.23. The van der Waals surface area contributed by atoms with Crippen molar-refractivity contribution in [1.82, 2.24) is 0 Å². The third-order valence-electron chi connectivity index (χ3n) is 2.66. The summed E-state index contributed by atoms with van der Waals surface area (Å²) >= 11 is 12.4. The zero-order valence-corrected chi connectivity index (χ0v) is 12.3. The summed E-state index contributed by atoms with van der Waals surface area (Å²) in [5, 5.41) is 0.700. The van der Waals surface area contributed by atoms with Crippen molar-refractivity contribution in [3.63, 3.8) is 0 Å². The Bertz CT molecular complexity index is 426. The molecule has 0 spiro atoms. The van der Waals surface area contributed by atoms with E-state index in [9.17, 15) is 4.79 Å². The van der Waals surface area contributed by atoms with Gasteiger partial charge in [-0.15, -0.1) is 0 Å². The molecule has 86 valence electrons. The Morgan fingerprint density at radius 1 is 1.56 bits per heavy atom. The fraction of sp³-hybridized carbons (Fsp3) is 0.364. The summed E-state index contributed by atoms with van der Waals surface area (Å²) in [7, 11) is 0. The van der Waals surface area contributed by atoms with E-state index in [2.05, 4.69) is 35.2 Å². The van der Waals surface area contributed by atoms with Crippen LogP contribution in [0.2, 0.25) is 5.02 Å². The van der Waals surface area contributed by atoms with E-state index in [0.717, 1.165) is 21.6 Å². The number of hydrogen-bond donors (Lipinski definition) is 1. The maximum absolute atomic E-state index is 11.8. The van der Waals surface area contributed by atoms with Crippen molar-refractivity contribution < 1.29 is 4.79 Å². The van der Waals surface area contributed by atoms with E-state index in [1.807, 2.05) is 23.1 Å². The van der Waals surface area contributed by atoms with Crippen LogP contribution in [-0.2, 0) is 4.79 Å². The molecule has 16 heavy (non-hydrogen) atoms. The Kier molecular flexibility index (Phi) is 4.02. The maximum Gasteiger partial charge on any atom is 0.227 e. The molecular weight excluding hydrogens is 357 g/mol. The monoisotopic (exact) mass is 367 g/mol. The summed E-state index contributed by atoms with van der Waals surface area (Å²) in [6.07, 6.45) is 0.599. The number of benzene rings is 1. The SMILES string of the molecule is O=C1CC(CS)CN1c1ccc(Cl)cc1I. The van der Waals surface area contributed by atoms with Crippen LogP contribution < -0.4 is 4.90 Å². The molecule has 1 atom stereocenters. The molecule has 1 amide bonds. The fourth-order valence-electron chi connectivity index (χ4n) is 1.84. The Balaban J connectivity index is 2.28. The van der Waals surface area contributed by atoms with Gasteiger partial charge in [0.15, 0.2) is 0 Å². The molecule has 2 rings (SSSR count). The molecule has 0 N–H and O–H groups in total. The lowest BCUT2D eigenvalue weighted by atomic mass is 10.1. The Labute approximate surface area is 119 Å². The summed E-state index contributed by atoms with van der Waals surface area (Å²) in [5.74, 6) is 1.30. The number of amides is 1. The van der Waals surface area contributed by atoms with Gasteiger partial charge in [0.1, 0.15) is 0 Å². The summed E-state index contributed by atoms with van der Waals surface area (Å²) < 4.78 is 1.01. The zero-order chi connectivity index (χ0) is 11.7. The van der Waals surface area contributed by atoms with Crippen LogP contribution in [0.5, 0.6) is 0 Å². The molecular formula is C11H11ClINOS. The van der Waals surface area contributed by atoms with Gasteiger partial charge in [0.05, 0.1) is 5.69 Å². The number of nitrogens with zero attached hydrogens (tertiary/aromatic N) is 1. The van der Waals surface area contributed by atoms with E-state index in [1.54, 1.807) is 0 Å². The quantitative estimate of drug-likeness (QED) is 0.628. The van der Waals surface area contributed by atoms with Gasteiger partial charge in [-0.3, -0.25) is 4.79 Å². The van der Waals surface area contributed by atoms with Crippen LogP contribution >= 0.6 is 46.8 Å². The molecule has 2 nitrogen and oxygen atoms in total. The highest BCUT2D eigenvalue weighted by Crippen LogP contribution is 2.31. The zero-order valence-electron chi connectivity index (χ0n) is 8.49. The van der Waals surface area contributed by atoms with E-state index in [-0.39, 0.29) is 5.91 Å². The number of anilines is 1. The smallest absolute Gasteiger partial charge is 0.227 e. The first-order valence-electron chi connectivity index (χ1n) is 4.98. The summed E-state index contributed by atoms with van der Waals surface area (Å²) in [6, 6.07) is 5.60. The number of hydrogen-bond acceptors (Lipinski definition) is 2. The van der Waals surface area contributed by atoms with Crippen molar-refractivity contribution in [3.05, 3.63) is 26.8 Å². The minimum atomic E-state index is 0.180. The highest BCUT2D eigenvalue weighted by Gasteiger charge is 2.30. The number of thiol groups is 1. The van der Waals surface area contributed by atoms with Gasteiger partial charge >= 0.3 is 0 Å². The molecule has 1 aliphatic rings. The average Bonchev–Trinajstić information content (AvgIpc) is 2.60. The van der Waals surface area contributed by atoms with Gasteiger partial charge < -0.3 is 4.90 Å². The number of carbonyl (C=O) groups excluding carboxylic acids is 1. The second kappa shape index (κ2) is 5.14. The summed E-state index contributed by atoms with van der Waals surface area (Å²) in [6.45, 7) is 0.764. The van der Waals surface area contributed by atoms with Gasteiger partial charge in [-0.2, -0.15) is 12.6 Å². The topological polar surface area (TPSA) is 20.3 Å². The first-order chi connectivity index (χ1) is 7.61. The van der Waals surface area contributed by atoms with E-state index in [0.29, 0.717) is 17.4 Å². The molecule has 1 saturated heterocycles. The second-order valence-electron chi connectivity index (χ2n) is 3.85. The highest BCUT2D eigenvalue weighted by molar-refractivity contribution is 14.1. The van der Waals surface area contributed by atoms with Crippen LogP contribution in [0.25, 0.3) is 0 Å². The maximum atomic E-state index is 11.8. The Morgan fingerprint density at radius 2 is 2.31 bits per heavy atom. The van der Waals surface area contributed by atoms with Crippen LogP contribution in [-0.4, -0.2) is 18.2 Å². The first-order valence-corrected chi connectivity index (χ1v) is 7.07. The minimum absolute atomic E-state index is 0.180. The third-order valence-corrected chi connectivity index (χ3v) is 4.28. The summed E-state index contributed by atoms with van der Waals surface area (Å²) in [4.78, 5) is 13.7. The predicted molar refractivity (Wildman–Crippen MR) is 78.5 cm³/mol. The lowest BCUT2D eigenvalue weighted by Crippen LogP contribution is -2.25. The van der Waals surface area contributed by atoms with Crippen molar-refractivity contribution in [2.75, 3.05) is 17.2 Å². The molecule has 5 heteroatoms. The standard InChI is InChI=1S/C11H11ClINOS/c12-8-1-2-10(9(13)4-8)14-5-7(6-16)3-11(14)15/h1-2,4,7,16H,3,5-6H2. The van der Waals surface area contributed by atoms with Crippen molar-refractivity contribution in [1.29, 1.82) is 0 Å². The van der Waals surface area contributed by atoms with Gasteiger partial charge in [0.25, 0.3) is 0 Å². The normalized spacial score (nSPS) is 20.6. The molecule has 0 aromatic heterocycles. The molecule has 1 fully saturated rings. The van der Waals surface area contributed by atoms with Crippen LogP contribution in [0.3, 0.4) is 0 Å². The van der Waals surface area contributed by atoms with E-state index >= 15 is 0 Å². The van der Waals surface area contributed by atoms with Gasteiger partial charge in [0.2, 0.25) is 5.91 Å². The third kappa shape index (κ3) is 2.49. The highest BCUT2D eigenvalue weighted by atomic mass is 127. The van der Waals surface area contributed by atoms with Gasteiger partial charge in [-0.1, -0.05) is 11.6 Å². The van der Waals surface area contributed by atoms with Crippen LogP contribution in [0, 0.1) is 9.49 Å². The molecule has 1 aliphatic heterocycles. The van der Waals surface area contributed by atoms with Crippen molar-refractivity contribution in [2.45, 2.75) is 6.42 Å². The molecule has 1 heterocycles. The van der Waals surface area contributed by atoms with E-state index < -0.39 is 0 Å². The fourth-order valence-corrected chi connectivity index (χ4v) is 3.24. The molecule has 0 saturated carbocycles. The molecule has 0 aliphatic carbocycles. The number of carbonyl (C=O) groups is 1. The van der Waals surface area contributed by atoms with Gasteiger partial charge in [-0.05, 0) is 52.5 Å². The lowest BCUT2D eigenvalue weighted by Gasteiger charge is -2.18. The Morgan fingerprint density at radius 3 is 2.88 bits per heavy atom. The first kappa shape index (κ1) is 12.5.